The number of hydrogen-bond donors (Lipinski definition) is 2. The van der Waals surface area contributed by atoms with E-state index in [2.05, 4.69) is 36.6 Å². The van der Waals surface area contributed by atoms with Gasteiger partial charge in [0.15, 0.2) is 0 Å². The van der Waals surface area contributed by atoms with Crippen molar-refractivity contribution in [1.82, 2.24) is 10.6 Å². The summed E-state index contributed by atoms with van der Waals surface area (Å²) in [6.07, 6.45) is 4.28. The zero-order valence-corrected chi connectivity index (χ0v) is 12.7. The quantitative estimate of drug-likeness (QED) is 0.785. The van der Waals surface area contributed by atoms with E-state index in [0.717, 1.165) is 32.1 Å². The van der Waals surface area contributed by atoms with Gasteiger partial charge < -0.3 is 10.6 Å². The lowest BCUT2D eigenvalue weighted by atomic mass is 9.66. The number of nitrogens with one attached hydrogen (secondary N) is 2. The highest BCUT2D eigenvalue weighted by molar-refractivity contribution is 5.48. The molecule has 0 aliphatic heterocycles. The molecular formula is C17H24N2O2. The van der Waals surface area contributed by atoms with Gasteiger partial charge in [0.1, 0.15) is 0 Å². The molecule has 1 aromatic carbocycles. The van der Waals surface area contributed by atoms with Crippen molar-refractivity contribution in [2.24, 2.45) is 11.3 Å². The van der Waals surface area contributed by atoms with E-state index in [-0.39, 0.29) is 23.4 Å². The monoisotopic (exact) mass is 288 g/mol. The average Bonchev–Trinajstić information content (AvgIpc) is 2.43. The molecule has 1 aliphatic rings. The Balaban J connectivity index is 2.21. The molecule has 0 heterocycles. The van der Waals surface area contributed by atoms with Crippen molar-refractivity contribution in [3.63, 3.8) is 0 Å². The van der Waals surface area contributed by atoms with Crippen molar-refractivity contribution in [3.05, 3.63) is 35.9 Å². The van der Waals surface area contributed by atoms with Crippen LogP contribution in [0, 0.1) is 11.3 Å². The number of carbonyl (C=O) groups is 2. The van der Waals surface area contributed by atoms with Crippen LogP contribution >= 0.6 is 0 Å². The van der Waals surface area contributed by atoms with Gasteiger partial charge in [0.2, 0.25) is 12.8 Å². The molecule has 1 aliphatic carbocycles. The Bertz CT molecular complexity index is 451. The highest BCUT2D eigenvalue weighted by atomic mass is 16.1. The standard InChI is InChI=1S/C17H24N2O2/c1-17(2)9-15(18-11-20)14(16(10-17)19-12-21)8-13-6-4-3-5-7-13/h3-7,11-12,14-16H,8-10H2,1-2H3,(H,18,20)(H,19,21). The van der Waals surface area contributed by atoms with Crippen LogP contribution in [-0.4, -0.2) is 24.9 Å². The van der Waals surface area contributed by atoms with Crippen LogP contribution < -0.4 is 10.6 Å². The van der Waals surface area contributed by atoms with E-state index in [4.69, 9.17) is 0 Å². The Labute approximate surface area is 126 Å². The summed E-state index contributed by atoms with van der Waals surface area (Å²) < 4.78 is 0. The van der Waals surface area contributed by atoms with E-state index >= 15 is 0 Å². The number of benzene rings is 1. The van der Waals surface area contributed by atoms with Gasteiger partial charge in [-0.2, -0.15) is 0 Å². The van der Waals surface area contributed by atoms with Gasteiger partial charge >= 0.3 is 0 Å². The lowest BCUT2D eigenvalue weighted by molar-refractivity contribution is -0.112. The lowest BCUT2D eigenvalue weighted by Gasteiger charge is -2.45. The number of hydrogen-bond acceptors (Lipinski definition) is 2. The second kappa shape index (κ2) is 6.74. The maximum atomic E-state index is 10.9. The van der Waals surface area contributed by atoms with Gasteiger partial charge in [-0.15, -0.1) is 0 Å². The predicted octanol–water partition coefficient (Wildman–Crippen LogP) is 1.89. The van der Waals surface area contributed by atoms with Gasteiger partial charge in [-0.05, 0) is 30.2 Å². The van der Waals surface area contributed by atoms with Gasteiger partial charge in [0, 0.05) is 18.0 Å². The highest BCUT2D eigenvalue weighted by Gasteiger charge is 2.41. The van der Waals surface area contributed by atoms with Gasteiger partial charge in [-0.25, -0.2) is 0 Å². The molecule has 2 rings (SSSR count). The zero-order valence-electron chi connectivity index (χ0n) is 12.7. The van der Waals surface area contributed by atoms with Crippen LogP contribution in [0.2, 0.25) is 0 Å². The molecule has 2 atom stereocenters. The van der Waals surface area contributed by atoms with Crippen LogP contribution in [0.5, 0.6) is 0 Å². The van der Waals surface area contributed by atoms with Crippen molar-refractivity contribution in [3.8, 4) is 0 Å². The molecule has 0 saturated heterocycles. The fraction of sp³-hybridized carbons (Fsp3) is 0.529. The zero-order chi connectivity index (χ0) is 15.3. The summed E-state index contributed by atoms with van der Waals surface area (Å²) in [6, 6.07) is 10.4. The first kappa shape index (κ1) is 15.5. The molecule has 4 nitrogen and oxygen atoms in total. The predicted molar refractivity (Wildman–Crippen MR) is 82.6 cm³/mol. The maximum Gasteiger partial charge on any atom is 0.207 e. The van der Waals surface area contributed by atoms with Crippen molar-refractivity contribution in [1.29, 1.82) is 0 Å². The van der Waals surface area contributed by atoms with Crippen molar-refractivity contribution in [2.75, 3.05) is 0 Å². The van der Waals surface area contributed by atoms with Gasteiger partial charge in [-0.3, -0.25) is 9.59 Å². The molecule has 2 N–H and O–H groups in total. The van der Waals surface area contributed by atoms with E-state index in [1.807, 2.05) is 18.2 Å². The van der Waals surface area contributed by atoms with Crippen LogP contribution in [0.4, 0.5) is 0 Å². The summed E-state index contributed by atoms with van der Waals surface area (Å²) in [5.41, 5.74) is 1.34. The largest absolute Gasteiger partial charge is 0.356 e. The molecule has 0 aromatic heterocycles. The molecule has 21 heavy (non-hydrogen) atoms. The average molecular weight is 288 g/mol. The Morgan fingerprint density at radius 3 is 2.05 bits per heavy atom. The van der Waals surface area contributed by atoms with E-state index in [1.165, 1.54) is 5.56 Å². The van der Waals surface area contributed by atoms with E-state index in [0.29, 0.717) is 0 Å². The minimum absolute atomic E-state index is 0.0870. The minimum atomic E-state index is 0.0870. The Kier molecular flexibility index (Phi) is 4.99. The molecule has 0 bridgehead atoms. The van der Waals surface area contributed by atoms with Crippen molar-refractivity contribution < 1.29 is 9.59 Å². The smallest absolute Gasteiger partial charge is 0.207 e. The number of rotatable bonds is 6. The summed E-state index contributed by atoms with van der Waals surface area (Å²) in [7, 11) is 0. The second-order valence-corrected chi connectivity index (χ2v) is 6.71. The van der Waals surface area contributed by atoms with Gasteiger partial charge in [-0.1, -0.05) is 44.2 Å². The fourth-order valence-corrected chi connectivity index (χ4v) is 3.57. The number of carbonyl (C=O) groups excluding carboxylic acids is 2. The van der Waals surface area contributed by atoms with Crippen LogP contribution in [0.15, 0.2) is 30.3 Å². The third-order valence-corrected chi connectivity index (χ3v) is 4.46. The van der Waals surface area contributed by atoms with E-state index in [9.17, 15) is 9.59 Å². The summed E-state index contributed by atoms with van der Waals surface area (Å²) in [6.45, 7) is 4.37. The normalized spacial score (nSPS) is 27.6. The maximum absolute atomic E-state index is 10.9. The Morgan fingerprint density at radius 1 is 1.05 bits per heavy atom. The molecule has 2 amide bonds. The van der Waals surface area contributed by atoms with Gasteiger partial charge in [0.05, 0.1) is 0 Å². The third-order valence-electron chi connectivity index (χ3n) is 4.46. The van der Waals surface area contributed by atoms with Gasteiger partial charge in [0.25, 0.3) is 0 Å². The van der Waals surface area contributed by atoms with Crippen molar-refractivity contribution >= 4 is 12.8 Å². The molecule has 1 saturated carbocycles. The lowest BCUT2D eigenvalue weighted by Crippen LogP contribution is -2.55. The first-order valence-electron chi connectivity index (χ1n) is 7.49. The first-order chi connectivity index (χ1) is 10.1. The van der Waals surface area contributed by atoms with Crippen LogP contribution in [0.25, 0.3) is 0 Å². The summed E-state index contributed by atoms with van der Waals surface area (Å²) in [5.74, 6) is 0.218. The third kappa shape index (κ3) is 4.06. The fourth-order valence-electron chi connectivity index (χ4n) is 3.57. The molecule has 114 valence electrons. The first-order valence-corrected chi connectivity index (χ1v) is 7.49. The van der Waals surface area contributed by atoms with Crippen LogP contribution in [0.3, 0.4) is 0 Å². The van der Waals surface area contributed by atoms with E-state index in [1.54, 1.807) is 0 Å². The minimum Gasteiger partial charge on any atom is -0.356 e. The Morgan fingerprint density at radius 2 is 1.57 bits per heavy atom. The molecule has 4 heteroatoms. The summed E-state index contributed by atoms with van der Waals surface area (Å²) >= 11 is 0. The second-order valence-electron chi connectivity index (χ2n) is 6.71. The summed E-state index contributed by atoms with van der Waals surface area (Å²) in [4.78, 5) is 21.9. The summed E-state index contributed by atoms with van der Waals surface area (Å²) in [5, 5.41) is 5.92. The molecule has 0 spiro atoms. The molecule has 0 radical (unpaired) electrons. The topological polar surface area (TPSA) is 58.2 Å². The van der Waals surface area contributed by atoms with Crippen LogP contribution in [0.1, 0.15) is 32.3 Å². The molecular weight excluding hydrogens is 264 g/mol. The SMILES string of the molecule is CC1(C)CC(NC=O)C(Cc2ccccc2)C(NC=O)C1. The molecule has 1 aromatic rings. The van der Waals surface area contributed by atoms with E-state index < -0.39 is 0 Å². The highest BCUT2D eigenvalue weighted by Crippen LogP contribution is 2.39. The van der Waals surface area contributed by atoms with Crippen LogP contribution in [-0.2, 0) is 16.0 Å². The Hall–Kier alpha value is -1.84. The molecule has 2 unspecified atom stereocenters. The van der Waals surface area contributed by atoms with Crippen molar-refractivity contribution in [2.45, 2.75) is 45.2 Å². The molecule has 1 fully saturated rings. The number of amides is 2.